The number of amides is 3. The van der Waals surface area contributed by atoms with Crippen LogP contribution in [0, 0.1) is 0 Å². The number of fused-ring (bicyclic) bond motifs is 2. The second-order valence-corrected chi connectivity index (χ2v) is 8.33. The third kappa shape index (κ3) is 4.43. The van der Waals surface area contributed by atoms with Crippen molar-refractivity contribution in [1.82, 2.24) is 30.4 Å². The van der Waals surface area contributed by atoms with E-state index in [0.29, 0.717) is 22.8 Å². The van der Waals surface area contributed by atoms with Crippen molar-refractivity contribution >= 4 is 22.3 Å². The summed E-state index contributed by atoms with van der Waals surface area (Å²) in [5, 5.41) is 11.2. The molecule has 4 heterocycles. The van der Waals surface area contributed by atoms with Crippen molar-refractivity contribution in [2.45, 2.75) is 43.7 Å². The topological polar surface area (TPSA) is 158 Å². The summed E-state index contributed by atoms with van der Waals surface area (Å²) in [4.78, 5) is 25.4. The average Bonchev–Trinajstić information content (AvgIpc) is 3.18. The summed E-state index contributed by atoms with van der Waals surface area (Å²) < 4.78 is 77.6. The highest BCUT2D eigenvalue weighted by Gasteiger charge is 2.49. The molecule has 0 radical (unpaired) electrons. The maximum absolute atomic E-state index is 12.4. The van der Waals surface area contributed by atoms with Crippen LogP contribution in [-0.4, -0.2) is 87.9 Å². The molecule has 17 heteroatoms. The Balaban J connectivity index is 1.31. The highest BCUT2D eigenvalue weighted by Crippen LogP contribution is 2.38. The van der Waals surface area contributed by atoms with E-state index in [1.54, 1.807) is 0 Å². The van der Waals surface area contributed by atoms with E-state index in [4.69, 9.17) is 8.97 Å². The fourth-order valence-corrected chi connectivity index (χ4v) is 4.13. The van der Waals surface area contributed by atoms with Gasteiger partial charge in [-0.1, -0.05) is 0 Å². The van der Waals surface area contributed by atoms with E-state index in [1.807, 2.05) is 0 Å². The smallest absolute Gasteiger partial charge is 0.422 e. The number of hydroxylamine groups is 2. The zero-order chi connectivity index (χ0) is 22.6. The molecule has 2 bridgehead atoms. The van der Waals surface area contributed by atoms with Crippen LogP contribution in [0.1, 0.15) is 30.7 Å². The summed E-state index contributed by atoms with van der Waals surface area (Å²) >= 11 is 0. The zero-order valence-corrected chi connectivity index (χ0v) is 16.5. The number of piperidine rings is 1. The van der Waals surface area contributed by atoms with Gasteiger partial charge in [-0.25, -0.2) is 4.79 Å². The standard InChI is InChI=1S/C14H17F3N6O7S/c15-14(16,17)12(24)21-4-7(5-21)18-3-10-19-20-11(29-10)9-2-1-8-6-22(9)13(25)23(8)30-31(26,27)28/h7-9,18H,1-6H2,(H,26,27,28)/t8-,9-/m0/s1. The van der Waals surface area contributed by atoms with Gasteiger partial charge in [0.25, 0.3) is 0 Å². The Kier molecular flexibility index (Phi) is 5.31. The lowest BCUT2D eigenvalue weighted by Gasteiger charge is -2.39. The summed E-state index contributed by atoms with van der Waals surface area (Å²) in [5.41, 5.74) is 0. The predicted molar refractivity (Wildman–Crippen MR) is 89.9 cm³/mol. The van der Waals surface area contributed by atoms with Crippen LogP contribution in [0.25, 0.3) is 0 Å². The number of hydrogen-bond acceptors (Lipinski definition) is 9. The maximum atomic E-state index is 12.4. The van der Waals surface area contributed by atoms with Gasteiger partial charge in [0.05, 0.1) is 12.6 Å². The number of hydrogen-bond donors (Lipinski definition) is 2. The van der Waals surface area contributed by atoms with Crippen LogP contribution in [0.3, 0.4) is 0 Å². The molecule has 31 heavy (non-hydrogen) atoms. The zero-order valence-electron chi connectivity index (χ0n) is 15.6. The SMILES string of the molecule is O=C1N2C[C@H](CC[C@H]2c2nnc(CNC3CN(C(=O)C(F)(F)F)C3)o2)N1OS(=O)(=O)O. The molecule has 1 aromatic heterocycles. The average molecular weight is 470 g/mol. The number of likely N-dealkylation sites (tertiary alicyclic amines) is 1. The third-order valence-corrected chi connectivity index (χ3v) is 5.57. The van der Waals surface area contributed by atoms with Gasteiger partial charge in [0.15, 0.2) is 0 Å². The molecule has 0 spiro atoms. The summed E-state index contributed by atoms with van der Waals surface area (Å²) in [6, 6.07) is -2.31. The van der Waals surface area contributed by atoms with Gasteiger partial charge >= 0.3 is 28.5 Å². The molecular weight excluding hydrogens is 453 g/mol. The number of rotatable bonds is 6. The third-order valence-electron chi connectivity index (χ3n) is 5.22. The molecule has 1 aromatic rings. The number of urea groups is 1. The number of halogens is 3. The molecule has 4 rings (SSSR count). The minimum absolute atomic E-state index is 0.0486. The highest BCUT2D eigenvalue weighted by molar-refractivity contribution is 7.80. The number of nitrogens with zero attached hydrogens (tertiary/aromatic N) is 5. The molecule has 0 saturated carbocycles. The summed E-state index contributed by atoms with van der Waals surface area (Å²) in [6.45, 7) is -0.0163. The van der Waals surface area contributed by atoms with Crippen LogP contribution in [0.15, 0.2) is 4.42 Å². The van der Waals surface area contributed by atoms with Crippen LogP contribution < -0.4 is 5.32 Å². The highest BCUT2D eigenvalue weighted by atomic mass is 32.3. The quantitative estimate of drug-likeness (QED) is 0.524. The lowest BCUT2D eigenvalue weighted by molar-refractivity contribution is -0.190. The first-order chi connectivity index (χ1) is 14.4. The molecule has 3 amide bonds. The molecule has 3 fully saturated rings. The van der Waals surface area contributed by atoms with E-state index in [-0.39, 0.29) is 44.0 Å². The lowest BCUT2D eigenvalue weighted by atomic mass is 10.0. The van der Waals surface area contributed by atoms with Gasteiger partial charge in [0.1, 0.15) is 6.04 Å². The summed E-state index contributed by atoms with van der Waals surface area (Å²) in [6.07, 6.45) is -4.15. The molecule has 3 aliphatic rings. The fourth-order valence-electron chi connectivity index (χ4n) is 3.75. The molecule has 3 aliphatic heterocycles. The number of alkyl halides is 3. The van der Waals surface area contributed by atoms with E-state index >= 15 is 0 Å². The van der Waals surface area contributed by atoms with Crippen molar-refractivity contribution in [3.05, 3.63) is 11.8 Å². The Hall–Kier alpha value is -2.50. The van der Waals surface area contributed by atoms with Crippen molar-refractivity contribution in [1.29, 1.82) is 0 Å². The molecular formula is C14H17F3N6O7S. The van der Waals surface area contributed by atoms with Crippen LogP contribution in [-0.2, 0) is 26.0 Å². The monoisotopic (exact) mass is 470 g/mol. The fraction of sp³-hybridized carbons (Fsp3) is 0.714. The van der Waals surface area contributed by atoms with Crippen molar-refractivity contribution in [2.24, 2.45) is 0 Å². The second kappa shape index (κ2) is 7.57. The van der Waals surface area contributed by atoms with Crippen molar-refractivity contribution < 1.29 is 44.4 Å². The van der Waals surface area contributed by atoms with E-state index < -0.39 is 40.6 Å². The van der Waals surface area contributed by atoms with Gasteiger partial charge in [-0.05, 0) is 12.8 Å². The second-order valence-electron chi connectivity index (χ2n) is 7.33. The van der Waals surface area contributed by atoms with Crippen LogP contribution in [0.5, 0.6) is 0 Å². The number of nitrogens with one attached hydrogen (secondary N) is 1. The summed E-state index contributed by atoms with van der Waals surface area (Å²) in [7, 11) is -4.86. The number of carbonyl (C=O) groups is 2. The molecule has 0 unspecified atom stereocenters. The minimum Gasteiger partial charge on any atom is -0.422 e. The van der Waals surface area contributed by atoms with Crippen LogP contribution in [0.4, 0.5) is 18.0 Å². The molecule has 172 valence electrons. The molecule has 2 N–H and O–H groups in total. The van der Waals surface area contributed by atoms with Crippen molar-refractivity contribution in [3.8, 4) is 0 Å². The molecule has 0 aliphatic carbocycles. The number of carbonyl (C=O) groups excluding carboxylic acids is 2. The van der Waals surface area contributed by atoms with Gasteiger partial charge < -0.3 is 19.5 Å². The van der Waals surface area contributed by atoms with Crippen LogP contribution >= 0.6 is 0 Å². The van der Waals surface area contributed by atoms with Gasteiger partial charge in [-0.15, -0.1) is 14.5 Å². The number of aromatic nitrogens is 2. The van der Waals surface area contributed by atoms with Gasteiger partial charge in [-0.3, -0.25) is 9.35 Å². The normalized spacial score (nSPS) is 24.6. The Morgan fingerprint density at radius 2 is 1.97 bits per heavy atom. The Morgan fingerprint density at radius 1 is 1.26 bits per heavy atom. The van der Waals surface area contributed by atoms with E-state index in [9.17, 15) is 31.2 Å². The molecule has 13 nitrogen and oxygen atoms in total. The Morgan fingerprint density at radius 3 is 2.61 bits per heavy atom. The minimum atomic E-state index is -4.90. The van der Waals surface area contributed by atoms with Gasteiger partial charge in [-0.2, -0.15) is 26.7 Å². The Labute approximate surface area is 173 Å². The van der Waals surface area contributed by atoms with Gasteiger partial charge in [0, 0.05) is 25.7 Å². The largest absolute Gasteiger partial charge is 0.471 e. The lowest BCUT2D eigenvalue weighted by Crippen LogP contribution is -2.62. The van der Waals surface area contributed by atoms with E-state index in [0.717, 1.165) is 0 Å². The summed E-state index contributed by atoms with van der Waals surface area (Å²) in [5.74, 6) is -1.64. The molecule has 2 atom stereocenters. The first-order valence-electron chi connectivity index (χ1n) is 9.11. The van der Waals surface area contributed by atoms with Crippen LogP contribution in [0.2, 0.25) is 0 Å². The first kappa shape index (κ1) is 21.7. The van der Waals surface area contributed by atoms with Crippen molar-refractivity contribution in [3.63, 3.8) is 0 Å². The molecule has 0 aromatic carbocycles. The molecule has 3 saturated heterocycles. The Bertz CT molecular complexity index is 979. The van der Waals surface area contributed by atoms with Crippen molar-refractivity contribution in [2.75, 3.05) is 19.6 Å². The maximum Gasteiger partial charge on any atom is 0.471 e. The van der Waals surface area contributed by atoms with E-state index in [2.05, 4.69) is 19.8 Å². The van der Waals surface area contributed by atoms with Gasteiger partial charge in [0.2, 0.25) is 11.8 Å². The predicted octanol–water partition coefficient (Wildman–Crippen LogP) is -0.392. The van der Waals surface area contributed by atoms with E-state index in [1.165, 1.54) is 4.90 Å². The first-order valence-corrected chi connectivity index (χ1v) is 10.5.